The van der Waals surface area contributed by atoms with E-state index in [1.54, 1.807) is 0 Å². The number of nitrogens with one attached hydrogen (secondary N) is 1. The van der Waals surface area contributed by atoms with E-state index in [-0.39, 0.29) is 17.0 Å². The molecule has 0 aromatic heterocycles. The van der Waals surface area contributed by atoms with Crippen LogP contribution in [0.15, 0.2) is 48.5 Å². The summed E-state index contributed by atoms with van der Waals surface area (Å²) in [4.78, 5) is 23.6. The molecule has 1 amide bonds. The van der Waals surface area contributed by atoms with Gasteiger partial charge in [0.1, 0.15) is 5.75 Å². The molecule has 0 bridgehead atoms. The minimum atomic E-state index is -4.64. The van der Waals surface area contributed by atoms with Gasteiger partial charge in [-0.25, -0.2) is 4.79 Å². The summed E-state index contributed by atoms with van der Waals surface area (Å²) in [6.45, 7) is -3.94. The summed E-state index contributed by atoms with van der Waals surface area (Å²) in [5.74, 6) is -2.33. The number of amides is 1. The number of halogens is 5. The summed E-state index contributed by atoms with van der Waals surface area (Å²) >= 11 is 0. The van der Waals surface area contributed by atoms with Crippen molar-refractivity contribution in [1.29, 1.82) is 0 Å². The number of rotatable bonds is 6. The third-order valence-corrected chi connectivity index (χ3v) is 3.14. The zero-order valence-electron chi connectivity index (χ0n) is 13.4. The Morgan fingerprint density at radius 1 is 1.04 bits per heavy atom. The Bertz CT molecular complexity index is 823. The first-order chi connectivity index (χ1) is 12.7. The van der Waals surface area contributed by atoms with Gasteiger partial charge in [-0.1, -0.05) is 18.2 Å². The maximum absolute atomic E-state index is 12.6. The van der Waals surface area contributed by atoms with Gasteiger partial charge in [0.05, 0.1) is 16.8 Å². The second-order valence-corrected chi connectivity index (χ2v) is 5.08. The Balaban J connectivity index is 1.97. The SMILES string of the molecule is O=C(COC(=O)c1cccc(C(F)(F)F)c1)Nc1ccccc1OC(F)F. The Morgan fingerprint density at radius 2 is 1.74 bits per heavy atom. The van der Waals surface area contributed by atoms with Crippen molar-refractivity contribution in [2.24, 2.45) is 0 Å². The highest BCUT2D eigenvalue weighted by Crippen LogP contribution is 2.29. The smallest absolute Gasteiger partial charge is 0.416 e. The topological polar surface area (TPSA) is 64.6 Å². The van der Waals surface area contributed by atoms with Crippen LogP contribution in [0.3, 0.4) is 0 Å². The molecule has 0 unspecified atom stereocenters. The molecule has 0 aliphatic heterocycles. The number of carbonyl (C=O) groups is 2. The molecule has 2 aromatic rings. The van der Waals surface area contributed by atoms with E-state index in [4.69, 9.17) is 0 Å². The van der Waals surface area contributed by atoms with E-state index in [9.17, 15) is 31.5 Å². The van der Waals surface area contributed by atoms with Crippen LogP contribution in [-0.4, -0.2) is 25.1 Å². The van der Waals surface area contributed by atoms with Crippen LogP contribution in [0.4, 0.5) is 27.6 Å². The lowest BCUT2D eigenvalue weighted by molar-refractivity contribution is -0.137. The Morgan fingerprint density at radius 3 is 2.41 bits per heavy atom. The molecule has 0 fully saturated rings. The minimum absolute atomic E-state index is 0.0853. The highest BCUT2D eigenvalue weighted by Gasteiger charge is 2.31. The summed E-state index contributed by atoms with van der Waals surface area (Å²) < 4.78 is 71.4. The highest BCUT2D eigenvalue weighted by atomic mass is 19.4. The number of ether oxygens (including phenoxy) is 2. The van der Waals surface area contributed by atoms with Gasteiger partial charge in [0.2, 0.25) is 0 Å². The summed E-state index contributed by atoms with van der Waals surface area (Å²) in [5.41, 5.74) is -1.52. The number of hydrogen-bond acceptors (Lipinski definition) is 4. The zero-order chi connectivity index (χ0) is 20.0. The van der Waals surface area contributed by atoms with Crippen LogP contribution in [0, 0.1) is 0 Å². The van der Waals surface area contributed by atoms with Gasteiger partial charge in [0, 0.05) is 0 Å². The van der Waals surface area contributed by atoms with Crippen LogP contribution in [0.2, 0.25) is 0 Å². The van der Waals surface area contributed by atoms with Crippen LogP contribution in [-0.2, 0) is 15.7 Å². The second-order valence-electron chi connectivity index (χ2n) is 5.08. The molecule has 0 saturated carbocycles. The lowest BCUT2D eigenvalue weighted by atomic mass is 10.1. The molecule has 0 aliphatic carbocycles. The first kappa shape index (κ1) is 20.1. The fraction of sp³-hybridized carbons (Fsp3) is 0.176. The van der Waals surface area contributed by atoms with E-state index < -0.39 is 36.8 Å². The number of carbonyl (C=O) groups excluding carboxylic acids is 2. The van der Waals surface area contributed by atoms with E-state index in [1.165, 1.54) is 24.3 Å². The Labute approximate surface area is 149 Å². The lowest BCUT2D eigenvalue weighted by Crippen LogP contribution is -2.21. The van der Waals surface area contributed by atoms with Gasteiger partial charge in [0.25, 0.3) is 5.91 Å². The normalized spacial score (nSPS) is 11.2. The predicted molar refractivity (Wildman–Crippen MR) is 83.4 cm³/mol. The third kappa shape index (κ3) is 5.94. The Hall–Kier alpha value is -3.17. The van der Waals surface area contributed by atoms with E-state index >= 15 is 0 Å². The molecule has 27 heavy (non-hydrogen) atoms. The number of hydrogen-bond donors (Lipinski definition) is 1. The fourth-order valence-electron chi connectivity index (χ4n) is 1.99. The average molecular weight is 389 g/mol. The van der Waals surface area contributed by atoms with Crippen molar-refractivity contribution in [2.45, 2.75) is 12.8 Å². The summed E-state index contributed by atoms with van der Waals surface area (Å²) in [6.07, 6.45) is -4.64. The van der Waals surface area contributed by atoms with E-state index in [2.05, 4.69) is 14.8 Å². The van der Waals surface area contributed by atoms with E-state index in [0.29, 0.717) is 6.07 Å². The van der Waals surface area contributed by atoms with Crippen molar-refractivity contribution in [3.8, 4) is 5.75 Å². The third-order valence-electron chi connectivity index (χ3n) is 3.14. The molecule has 5 nitrogen and oxygen atoms in total. The van der Waals surface area contributed by atoms with Crippen LogP contribution in [0.5, 0.6) is 5.75 Å². The second kappa shape index (κ2) is 8.47. The van der Waals surface area contributed by atoms with Crippen molar-refractivity contribution in [3.05, 3.63) is 59.7 Å². The molecule has 2 aromatic carbocycles. The highest BCUT2D eigenvalue weighted by molar-refractivity contribution is 5.96. The first-order valence-electron chi connectivity index (χ1n) is 7.35. The van der Waals surface area contributed by atoms with Crippen molar-refractivity contribution >= 4 is 17.6 Å². The maximum atomic E-state index is 12.6. The van der Waals surface area contributed by atoms with Crippen LogP contribution >= 0.6 is 0 Å². The van der Waals surface area contributed by atoms with Crippen LogP contribution < -0.4 is 10.1 Å². The maximum Gasteiger partial charge on any atom is 0.416 e. The molecule has 10 heteroatoms. The van der Waals surface area contributed by atoms with Crippen molar-refractivity contribution in [1.82, 2.24) is 0 Å². The molecule has 0 atom stereocenters. The largest absolute Gasteiger partial charge is 0.452 e. The van der Waals surface area contributed by atoms with Crippen molar-refractivity contribution in [3.63, 3.8) is 0 Å². The zero-order valence-corrected chi connectivity index (χ0v) is 13.4. The molecule has 0 saturated heterocycles. The summed E-state index contributed by atoms with van der Waals surface area (Å²) in [5, 5.41) is 2.20. The number of esters is 1. The molecule has 1 N–H and O–H groups in total. The van der Waals surface area contributed by atoms with Gasteiger partial charge in [-0.2, -0.15) is 22.0 Å². The molecule has 0 spiro atoms. The molecule has 0 aliphatic rings. The fourth-order valence-corrected chi connectivity index (χ4v) is 1.99. The summed E-state index contributed by atoms with van der Waals surface area (Å²) in [7, 11) is 0. The predicted octanol–water partition coefficient (Wildman–Crippen LogP) is 4.10. The van der Waals surface area contributed by atoms with Gasteiger partial charge in [-0.15, -0.1) is 0 Å². The minimum Gasteiger partial charge on any atom is -0.452 e. The molecule has 144 valence electrons. The first-order valence-corrected chi connectivity index (χ1v) is 7.35. The van der Waals surface area contributed by atoms with Gasteiger partial charge < -0.3 is 14.8 Å². The standard InChI is InChI=1S/C17H12F5NO4/c18-16(19)27-13-7-2-1-6-12(13)23-14(24)9-26-15(25)10-4-3-5-11(8-10)17(20,21)22/h1-8,16H,9H2,(H,23,24). The number of para-hydroxylation sites is 2. The van der Waals surface area contributed by atoms with Gasteiger partial charge >= 0.3 is 18.8 Å². The molecule has 2 rings (SSSR count). The number of benzene rings is 2. The Kier molecular flexibility index (Phi) is 6.32. The number of anilines is 1. The molecule has 0 heterocycles. The number of alkyl halides is 5. The van der Waals surface area contributed by atoms with Crippen molar-refractivity contribution in [2.75, 3.05) is 11.9 Å². The lowest BCUT2D eigenvalue weighted by Gasteiger charge is -2.12. The molecular formula is C17H12F5NO4. The van der Waals surface area contributed by atoms with E-state index in [0.717, 1.165) is 18.2 Å². The average Bonchev–Trinajstić information content (AvgIpc) is 2.60. The van der Waals surface area contributed by atoms with E-state index in [1.807, 2.05) is 0 Å². The van der Waals surface area contributed by atoms with Gasteiger partial charge in [-0.05, 0) is 30.3 Å². The monoisotopic (exact) mass is 389 g/mol. The van der Waals surface area contributed by atoms with Crippen LogP contribution in [0.1, 0.15) is 15.9 Å². The van der Waals surface area contributed by atoms with Gasteiger partial charge in [-0.3, -0.25) is 4.79 Å². The van der Waals surface area contributed by atoms with Gasteiger partial charge in [0.15, 0.2) is 6.61 Å². The quantitative estimate of drug-likeness (QED) is 0.597. The summed E-state index contributed by atoms with van der Waals surface area (Å²) in [6, 6.07) is 8.82. The van der Waals surface area contributed by atoms with Crippen LogP contribution in [0.25, 0.3) is 0 Å². The molecular weight excluding hydrogens is 377 g/mol. The van der Waals surface area contributed by atoms with Crippen molar-refractivity contribution < 1.29 is 41.0 Å². The molecule has 0 radical (unpaired) electrons.